The van der Waals surface area contributed by atoms with Gasteiger partial charge in [-0.05, 0) is 35.9 Å². The first-order chi connectivity index (χ1) is 11.2. The van der Waals surface area contributed by atoms with Crippen LogP contribution in [0.3, 0.4) is 0 Å². The van der Waals surface area contributed by atoms with Gasteiger partial charge in [-0.2, -0.15) is 5.10 Å². The molecule has 3 rings (SSSR count). The smallest absolute Gasteiger partial charge is 0.262 e. The zero-order chi connectivity index (χ0) is 16.1. The van der Waals surface area contributed by atoms with Gasteiger partial charge in [-0.3, -0.25) is 9.48 Å². The number of aryl methyl sites for hydroxylation is 2. The highest BCUT2D eigenvalue weighted by molar-refractivity contribution is 7.12. The van der Waals surface area contributed by atoms with E-state index in [-0.39, 0.29) is 11.9 Å². The zero-order valence-corrected chi connectivity index (χ0v) is 13.7. The number of hydrogen-bond donors (Lipinski definition) is 1. The highest BCUT2D eigenvalue weighted by atomic mass is 32.1. The van der Waals surface area contributed by atoms with Crippen LogP contribution in [0.25, 0.3) is 0 Å². The number of amides is 1. The van der Waals surface area contributed by atoms with E-state index < -0.39 is 0 Å². The minimum atomic E-state index is -0.0607. The maximum absolute atomic E-state index is 12.5. The molecular weight excluding hydrogens is 308 g/mol. The van der Waals surface area contributed by atoms with Crippen molar-refractivity contribution in [2.75, 3.05) is 0 Å². The van der Waals surface area contributed by atoms with E-state index in [1.54, 1.807) is 11.0 Å². The second-order valence-electron chi connectivity index (χ2n) is 5.32. The van der Waals surface area contributed by atoms with Gasteiger partial charge < -0.3 is 5.32 Å². The van der Waals surface area contributed by atoms with E-state index in [1.807, 2.05) is 48.7 Å². The van der Waals surface area contributed by atoms with E-state index in [0.29, 0.717) is 6.54 Å². The fourth-order valence-electron chi connectivity index (χ4n) is 2.45. The Labute approximate surface area is 139 Å². The first-order valence-electron chi connectivity index (χ1n) is 7.46. The van der Waals surface area contributed by atoms with E-state index in [9.17, 15) is 4.79 Å². The first-order valence-corrected chi connectivity index (χ1v) is 8.34. The van der Waals surface area contributed by atoms with Crippen molar-refractivity contribution in [2.24, 2.45) is 0 Å². The number of hydrogen-bond acceptors (Lipinski definition) is 4. The van der Waals surface area contributed by atoms with Crippen LogP contribution in [0.5, 0.6) is 0 Å². The van der Waals surface area contributed by atoms with Gasteiger partial charge >= 0.3 is 0 Å². The second kappa shape index (κ2) is 7.19. The molecule has 1 unspecified atom stereocenters. The van der Waals surface area contributed by atoms with E-state index in [1.165, 1.54) is 17.7 Å². The Hall–Kier alpha value is -2.47. The Bertz CT molecular complexity index is 752. The molecule has 0 aliphatic carbocycles. The van der Waals surface area contributed by atoms with Crippen molar-refractivity contribution in [1.29, 1.82) is 0 Å². The lowest BCUT2D eigenvalue weighted by molar-refractivity contribution is 0.0937. The Balaban J connectivity index is 1.75. The van der Waals surface area contributed by atoms with Crippen LogP contribution in [0.2, 0.25) is 0 Å². The van der Waals surface area contributed by atoms with E-state index >= 15 is 0 Å². The quantitative estimate of drug-likeness (QED) is 0.756. The maximum atomic E-state index is 12.5. The summed E-state index contributed by atoms with van der Waals surface area (Å²) in [5, 5.41) is 9.21. The topological polar surface area (TPSA) is 59.8 Å². The molecular formula is C17H18N4OS. The van der Waals surface area contributed by atoms with Crippen LogP contribution in [0.15, 0.2) is 54.4 Å². The van der Waals surface area contributed by atoms with Gasteiger partial charge in [0.1, 0.15) is 12.7 Å². The number of carbonyl (C=O) groups is 1. The second-order valence-corrected chi connectivity index (χ2v) is 6.23. The van der Waals surface area contributed by atoms with Gasteiger partial charge in [0.15, 0.2) is 0 Å². The van der Waals surface area contributed by atoms with Crippen LogP contribution in [-0.2, 0) is 6.54 Å². The molecule has 0 spiro atoms. The Morgan fingerprint density at radius 2 is 2.13 bits per heavy atom. The van der Waals surface area contributed by atoms with Crippen LogP contribution in [0, 0.1) is 6.92 Å². The lowest BCUT2D eigenvalue weighted by atomic mass is 10.0. The number of aromatic nitrogens is 3. The molecule has 2 aromatic heterocycles. The predicted octanol–water partition coefficient (Wildman–Crippen LogP) is 3.21. The Morgan fingerprint density at radius 1 is 1.30 bits per heavy atom. The van der Waals surface area contributed by atoms with Crippen LogP contribution in [0.4, 0.5) is 0 Å². The number of benzene rings is 1. The monoisotopic (exact) mass is 326 g/mol. The molecule has 0 aliphatic rings. The molecule has 0 fully saturated rings. The summed E-state index contributed by atoms with van der Waals surface area (Å²) in [6.07, 6.45) is 3.96. The summed E-state index contributed by atoms with van der Waals surface area (Å²) in [6.45, 7) is 2.65. The number of rotatable bonds is 6. The highest BCUT2D eigenvalue weighted by Crippen LogP contribution is 2.21. The lowest BCUT2D eigenvalue weighted by Crippen LogP contribution is -2.29. The lowest BCUT2D eigenvalue weighted by Gasteiger charge is -2.19. The summed E-state index contributed by atoms with van der Waals surface area (Å²) in [5.74, 6) is -0.0232. The summed E-state index contributed by atoms with van der Waals surface area (Å²) in [7, 11) is 0. The van der Waals surface area contributed by atoms with Crippen LogP contribution < -0.4 is 5.32 Å². The fourth-order valence-corrected chi connectivity index (χ4v) is 3.27. The normalized spacial score (nSPS) is 12.0. The average molecular weight is 326 g/mol. The maximum Gasteiger partial charge on any atom is 0.262 e. The third-order valence-electron chi connectivity index (χ3n) is 3.69. The van der Waals surface area contributed by atoms with E-state index in [2.05, 4.69) is 15.4 Å². The van der Waals surface area contributed by atoms with Crippen molar-refractivity contribution in [3.8, 4) is 0 Å². The third-order valence-corrected chi connectivity index (χ3v) is 4.70. The summed E-state index contributed by atoms with van der Waals surface area (Å²) < 4.78 is 1.78. The highest BCUT2D eigenvalue weighted by Gasteiger charge is 2.18. The van der Waals surface area contributed by atoms with E-state index in [4.69, 9.17) is 0 Å². The minimum absolute atomic E-state index is 0.0232. The van der Waals surface area contributed by atoms with Gasteiger partial charge in [0.2, 0.25) is 0 Å². The number of nitrogens with one attached hydrogen (secondary N) is 1. The van der Waals surface area contributed by atoms with Crippen LogP contribution >= 0.6 is 11.3 Å². The zero-order valence-electron chi connectivity index (χ0n) is 12.8. The Morgan fingerprint density at radius 3 is 2.78 bits per heavy atom. The number of nitrogens with zero attached hydrogens (tertiary/aromatic N) is 3. The van der Waals surface area contributed by atoms with Gasteiger partial charge in [0.05, 0.1) is 10.9 Å². The Kier molecular flexibility index (Phi) is 4.83. The summed E-state index contributed by atoms with van der Waals surface area (Å²) in [4.78, 5) is 17.3. The van der Waals surface area contributed by atoms with E-state index in [0.717, 1.165) is 22.4 Å². The molecule has 0 saturated carbocycles. The van der Waals surface area contributed by atoms with Crippen LogP contribution in [0.1, 0.15) is 33.3 Å². The molecule has 1 N–H and O–H groups in total. The molecule has 1 amide bonds. The predicted molar refractivity (Wildman–Crippen MR) is 90.3 cm³/mol. The van der Waals surface area contributed by atoms with Crippen molar-refractivity contribution < 1.29 is 4.79 Å². The van der Waals surface area contributed by atoms with Gasteiger partial charge in [0.25, 0.3) is 5.91 Å². The molecule has 1 aromatic carbocycles. The van der Waals surface area contributed by atoms with Crippen molar-refractivity contribution in [3.05, 3.63) is 70.4 Å². The van der Waals surface area contributed by atoms with Crippen LogP contribution in [-0.4, -0.2) is 20.7 Å². The largest absolute Gasteiger partial charge is 0.344 e. The number of carbonyl (C=O) groups excluding carboxylic acids is 1. The van der Waals surface area contributed by atoms with Gasteiger partial charge in [0, 0.05) is 6.54 Å². The minimum Gasteiger partial charge on any atom is -0.344 e. The molecule has 0 bridgehead atoms. The van der Waals surface area contributed by atoms with Crippen molar-refractivity contribution in [3.63, 3.8) is 0 Å². The summed E-state index contributed by atoms with van der Waals surface area (Å²) in [6, 6.07) is 11.9. The standard InChI is InChI=1S/C17H18N4OS/c1-13-8-10-23-16(13)17(22)20-15(14-5-3-2-4-6-14)7-9-21-12-18-11-19-21/h2-6,8,10-12,15H,7,9H2,1H3,(H,20,22). The third kappa shape index (κ3) is 3.84. The molecule has 1 atom stereocenters. The average Bonchev–Trinajstić information content (AvgIpc) is 3.23. The van der Waals surface area contributed by atoms with Crippen molar-refractivity contribution in [2.45, 2.75) is 25.9 Å². The molecule has 0 radical (unpaired) electrons. The number of thiophene rings is 1. The van der Waals surface area contributed by atoms with Crippen molar-refractivity contribution in [1.82, 2.24) is 20.1 Å². The first kappa shape index (κ1) is 15.4. The van der Waals surface area contributed by atoms with Gasteiger partial charge in [-0.15, -0.1) is 11.3 Å². The molecule has 2 heterocycles. The molecule has 0 saturated heterocycles. The van der Waals surface area contributed by atoms with Crippen molar-refractivity contribution >= 4 is 17.2 Å². The summed E-state index contributed by atoms with van der Waals surface area (Å²) in [5.41, 5.74) is 2.10. The molecule has 5 nitrogen and oxygen atoms in total. The van der Waals surface area contributed by atoms with Gasteiger partial charge in [-0.1, -0.05) is 30.3 Å². The molecule has 0 aliphatic heterocycles. The molecule has 23 heavy (non-hydrogen) atoms. The SMILES string of the molecule is Cc1ccsc1C(=O)NC(CCn1cncn1)c1ccccc1. The molecule has 6 heteroatoms. The van der Waals surface area contributed by atoms with Gasteiger partial charge in [-0.25, -0.2) is 4.98 Å². The summed E-state index contributed by atoms with van der Waals surface area (Å²) >= 11 is 1.47. The fraction of sp³-hybridized carbons (Fsp3) is 0.235. The molecule has 3 aromatic rings. The molecule has 118 valence electrons.